The molecule has 1 aliphatic rings. The summed E-state index contributed by atoms with van der Waals surface area (Å²) < 4.78 is 5.87. The molecule has 1 aromatic carbocycles. The molecule has 25 heavy (non-hydrogen) atoms. The molecule has 1 aliphatic heterocycles. The van der Waals surface area contributed by atoms with E-state index in [0.29, 0.717) is 18.7 Å². The first-order valence-corrected chi connectivity index (χ1v) is 8.40. The van der Waals surface area contributed by atoms with Crippen LogP contribution in [-0.4, -0.2) is 47.4 Å². The van der Waals surface area contributed by atoms with E-state index in [4.69, 9.17) is 4.74 Å². The minimum absolute atomic E-state index is 0.0157. The molecule has 2 aromatic rings. The van der Waals surface area contributed by atoms with E-state index in [1.807, 2.05) is 18.2 Å². The molecule has 0 spiro atoms. The van der Waals surface area contributed by atoms with Crippen molar-refractivity contribution in [3.05, 3.63) is 60.4 Å². The lowest BCUT2D eigenvalue weighted by molar-refractivity contribution is -0.131. The Morgan fingerprint density at radius 3 is 2.56 bits per heavy atom. The van der Waals surface area contributed by atoms with E-state index in [-0.39, 0.29) is 24.5 Å². The molecule has 0 saturated carbocycles. The average Bonchev–Trinajstić information content (AvgIpc) is 2.68. The third kappa shape index (κ3) is 4.79. The predicted molar refractivity (Wildman–Crippen MR) is 93.2 cm³/mol. The number of nitrogens with one attached hydrogen (secondary N) is 1. The van der Waals surface area contributed by atoms with Gasteiger partial charge in [-0.25, -0.2) is 0 Å². The minimum Gasteiger partial charge on any atom is -0.489 e. The second kappa shape index (κ2) is 8.28. The van der Waals surface area contributed by atoms with Crippen LogP contribution in [0.3, 0.4) is 0 Å². The molecule has 3 rings (SSSR count). The number of benzene rings is 1. The first-order chi connectivity index (χ1) is 12.2. The lowest BCUT2D eigenvalue weighted by Crippen LogP contribution is -2.46. The average molecular weight is 339 g/mol. The highest BCUT2D eigenvalue weighted by Gasteiger charge is 2.24. The summed E-state index contributed by atoms with van der Waals surface area (Å²) in [6.07, 6.45) is 5.03. The molecule has 6 heteroatoms. The molecule has 1 fully saturated rings. The molecular formula is C19H21N3O3. The SMILES string of the molecule is O=C(NCC(=O)N1CCC(Oc2cccnc2)CC1)c1ccccc1. The molecule has 2 amide bonds. The van der Waals surface area contributed by atoms with Gasteiger partial charge >= 0.3 is 0 Å². The molecule has 0 radical (unpaired) electrons. The Morgan fingerprint density at radius 1 is 1.12 bits per heavy atom. The van der Waals surface area contributed by atoms with Crippen molar-refractivity contribution in [3.63, 3.8) is 0 Å². The van der Waals surface area contributed by atoms with Gasteiger partial charge in [-0.15, -0.1) is 0 Å². The number of pyridine rings is 1. The third-order valence-corrected chi connectivity index (χ3v) is 4.17. The number of likely N-dealkylation sites (tertiary alicyclic amines) is 1. The number of nitrogens with zero attached hydrogens (tertiary/aromatic N) is 2. The van der Waals surface area contributed by atoms with Crippen LogP contribution in [0, 0.1) is 0 Å². The van der Waals surface area contributed by atoms with Crippen LogP contribution in [0.25, 0.3) is 0 Å². The van der Waals surface area contributed by atoms with Crippen molar-refractivity contribution in [1.29, 1.82) is 0 Å². The number of amides is 2. The molecule has 130 valence electrons. The van der Waals surface area contributed by atoms with Gasteiger partial charge in [0.15, 0.2) is 0 Å². The lowest BCUT2D eigenvalue weighted by atomic mass is 10.1. The Kier molecular flexibility index (Phi) is 5.61. The Balaban J connectivity index is 1.42. The van der Waals surface area contributed by atoms with E-state index in [1.54, 1.807) is 41.6 Å². The number of rotatable bonds is 5. The van der Waals surface area contributed by atoms with Crippen LogP contribution in [0.2, 0.25) is 0 Å². The normalized spacial score (nSPS) is 14.8. The maximum Gasteiger partial charge on any atom is 0.251 e. The monoisotopic (exact) mass is 339 g/mol. The van der Waals surface area contributed by atoms with E-state index in [0.717, 1.165) is 18.6 Å². The maximum absolute atomic E-state index is 12.3. The van der Waals surface area contributed by atoms with Gasteiger partial charge in [-0.2, -0.15) is 0 Å². The number of carbonyl (C=O) groups is 2. The molecule has 0 atom stereocenters. The van der Waals surface area contributed by atoms with Gasteiger partial charge in [0.1, 0.15) is 11.9 Å². The van der Waals surface area contributed by atoms with Crippen molar-refractivity contribution in [2.45, 2.75) is 18.9 Å². The summed E-state index contributed by atoms with van der Waals surface area (Å²) in [5, 5.41) is 2.68. The van der Waals surface area contributed by atoms with Gasteiger partial charge in [-0.3, -0.25) is 14.6 Å². The molecule has 1 N–H and O–H groups in total. The first kappa shape index (κ1) is 17.0. The number of hydrogen-bond donors (Lipinski definition) is 1. The quantitative estimate of drug-likeness (QED) is 0.903. The van der Waals surface area contributed by atoms with Crippen LogP contribution in [0.1, 0.15) is 23.2 Å². The fourth-order valence-electron chi connectivity index (χ4n) is 2.79. The Bertz CT molecular complexity index is 698. The summed E-state index contributed by atoms with van der Waals surface area (Å²) in [7, 11) is 0. The van der Waals surface area contributed by atoms with Gasteiger partial charge in [0.25, 0.3) is 5.91 Å². The van der Waals surface area contributed by atoms with E-state index < -0.39 is 0 Å². The van der Waals surface area contributed by atoms with Gasteiger partial charge in [-0.1, -0.05) is 18.2 Å². The fraction of sp³-hybridized carbons (Fsp3) is 0.316. The summed E-state index contributed by atoms with van der Waals surface area (Å²) >= 11 is 0. The summed E-state index contributed by atoms with van der Waals surface area (Å²) in [6, 6.07) is 12.6. The van der Waals surface area contributed by atoms with Crippen molar-refractivity contribution in [3.8, 4) is 5.75 Å². The zero-order chi connectivity index (χ0) is 17.5. The molecule has 1 saturated heterocycles. The minimum atomic E-state index is -0.233. The molecule has 0 unspecified atom stereocenters. The van der Waals surface area contributed by atoms with Crippen molar-refractivity contribution in [2.24, 2.45) is 0 Å². The second-order valence-corrected chi connectivity index (χ2v) is 5.94. The van der Waals surface area contributed by atoms with Crippen LogP contribution in [-0.2, 0) is 4.79 Å². The summed E-state index contributed by atoms with van der Waals surface area (Å²) in [4.78, 5) is 30.0. The van der Waals surface area contributed by atoms with Crippen LogP contribution in [0.15, 0.2) is 54.9 Å². The van der Waals surface area contributed by atoms with Crippen LogP contribution in [0.4, 0.5) is 0 Å². The highest BCUT2D eigenvalue weighted by atomic mass is 16.5. The number of aromatic nitrogens is 1. The molecular weight excluding hydrogens is 318 g/mol. The summed E-state index contributed by atoms with van der Waals surface area (Å²) in [6.45, 7) is 1.28. The molecule has 0 aliphatic carbocycles. The largest absolute Gasteiger partial charge is 0.489 e. The van der Waals surface area contributed by atoms with Crippen LogP contribution < -0.4 is 10.1 Å². The fourth-order valence-corrected chi connectivity index (χ4v) is 2.79. The van der Waals surface area contributed by atoms with Gasteiger partial charge < -0.3 is 15.0 Å². The highest BCUT2D eigenvalue weighted by Crippen LogP contribution is 2.17. The van der Waals surface area contributed by atoms with Crippen molar-refractivity contribution >= 4 is 11.8 Å². The van der Waals surface area contributed by atoms with Crippen LogP contribution >= 0.6 is 0 Å². The summed E-state index contributed by atoms with van der Waals surface area (Å²) in [5.41, 5.74) is 0.555. The standard InChI is InChI=1S/C19H21N3O3/c23-18(14-21-19(24)15-5-2-1-3-6-15)22-11-8-16(9-12-22)25-17-7-4-10-20-13-17/h1-7,10,13,16H,8-9,11-12,14H2,(H,21,24). The highest BCUT2D eigenvalue weighted by molar-refractivity contribution is 5.96. The van der Waals surface area contributed by atoms with E-state index >= 15 is 0 Å². The third-order valence-electron chi connectivity index (χ3n) is 4.17. The first-order valence-electron chi connectivity index (χ1n) is 8.40. The Morgan fingerprint density at radius 2 is 1.88 bits per heavy atom. The number of ether oxygens (including phenoxy) is 1. The topological polar surface area (TPSA) is 71.5 Å². The van der Waals surface area contributed by atoms with Crippen molar-refractivity contribution in [1.82, 2.24) is 15.2 Å². The second-order valence-electron chi connectivity index (χ2n) is 5.94. The predicted octanol–water partition coefficient (Wildman–Crippen LogP) is 1.88. The van der Waals surface area contributed by atoms with Gasteiger partial charge in [0.2, 0.25) is 5.91 Å². The lowest BCUT2D eigenvalue weighted by Gasteiger charge is -2.32. The van der Waals surface area contributed by atoms with Gasteiger partial charge in [0, 0.05) is 37.7 Å². The van der Waals surface area contributed by atoms with Gasteiger partial charge in [-0.05, 0) is 24.3 Å². The van der Waals surface area contributed by atoms with Gasteiger partial charge in [0.05, 0.1) is 12.7 Å². The molecule has 6 nitrogen and oxygen atoms in total. The maximum atomic E-state index is 12.3. The van der Waals surface area contributed by atoms with E-state index in [9.17, 15) is 9.59 Å². The molecule has 2 heterocycles. The zero-order valence-corrected chi connectivity index (χ0v) is 13.9. The Labute approximate surface area is 146 Å². The van der Waals surface area contributed by atoms with Crippen molar-refractivity contribution < 1.29 is 14.3 Å². The summed E-state index contributed by atoms with van der Waals surface area (Å²) in [5.74, 6) is 0.454. The molecule has 1 aromatic heterocycles. The Hall–Kier alpha value is -2.89. The van der Waals surface area contributed by atoms with Crippen LogP contribution in [0.5, 0.6) is 5.75 Å². The number of hydrogen-bond acceptors (Lipinski definition) is 4. The van der Waals surface area contributed by atoms with E-state index in [1.165, 1.54) is 0 Å². The number of piperidine rings is 1. The smallest absolute Gasteiger partial charge is 0.251 e. The zero-order valence-electron chi connectivity index (χ0n) is 13.9. The molecule has 0 bridgehead atoms. The van der Waals surface area contributed by atoms with E-state index in [2.05, 4.69) is 10.3 Å². The number of carbonyl (C=O) groups excluding carboxylic acids is 2. The van der Waals surface area contributed by atoms with Crippen molar-refractivity contribution in [2.75, 3.05) is 19.6 Å².